The number of ether oxygens (including phenoxy) is 2. The molecular formula is C20H19N3O6. The molecule has 0 aliphatic carbocycles. The number of benzene rings is 2. The minimum Gasteiger partial charge on any atom is -0.497 e. The molecule has 0 bridgehead atoms. The topological polar surface area (TPSA) is 111 Å². The number of nitro groups is 1. The van der Waals surface area contributed by atoms with E-state index in [4.69, 9.17) is 9.47 Å². The first-order chi connectivity index (χ1) is 13.9. The van der Waals surface area contributed by atoms with E-state index in [0.717, 1.165) is 0 Å². The van der Waals surface area contributed by atoms with Crippen molar-refractivity contribution in [3.8, 4) is 5.75 Å². The smallest absolute Gasteiger partial charge is 0.337 e. The van der Waals surface area contributed by atoms with Crippen molar-refractivity contribution < 1.29 is 24.0 Å². The molecule has 0 fully saturated rings. The Bertz CT molecular complexity index is 1000. The third kappa shape index (κ3) is 3.75. The minimum absolute atomic E-state index is 0.142. The maximum Gasteiger partial charge on any atom is 0.337 e. The summed E-state index contributed by atoms with van der Waals surface area (Å²) in [6, 6.07) is 11.2. The number of hydrogen-bond donors (Lipinski definition) is 1. The van der Waals surface area contributed by atoms with Crippen LogP contribution < -0.4 is 15.0 Å². The SMILES string of the molecule is COC(=O)C1=C(C)N(c2ccc(OC)cc2)C(=O)N[C@@H]1c1cccc([N+](=O)[O-])c1. The first-order valence-corrected chi connectivity index (χ1v) is 8.65. The highest BCUT2D eigenvalue weighted by Crippen LogP contribution is 2.35. The van der Waals surface area contributed by atoms with Crippen molar-refractivity contribution in [3.05, 3.63) is 75.5 Å². The van der Waals surface area contributed by atoms with E-state index in [2.05, 4.69) is 5.32 Å². The van der Waals surface area contributed by atoms with Crippen molar-refractivity contribution in [3.63, 3.8) is 0 Å². The zero-order valence-electron chi connectivity index (χ0n) is 16.0. The van der Waals surface area contributed by atoms with Crippen molar-refractivity contribution in [2.45, 2.75) is 13.0 Å². The monoisotopic (exact) mass is 397 g/mol. The number of nitro benzene ring substituents is 1. The summed E-state index contributed by atoms with van der Waals surface area (Å²) in [6.45, 7) is 1.62. The molecule has 1 N–H and O–H groups in total. The number of rotatable bonds is 5. The van der Waals surface area contributed by atoms with Crippen LogP contribution in [0.5, 0.6) is 5.75 Å². The molecule has 0 saturated carbocycles. The summed E-state index contributed by atoms with van der Waals surface area (Å²) in [6.07, 6.45) is 0. The average molecular weight is 397 g/mol. The van der Waals surface area contributed by atoms with E-state index < -0.39 is 23.0 Å². The molecule has 0 saturated heterocycles. The molecule has 2 aromatic rings. The summed E-state index contributed by atoms with van der Waals surface area (Å²) in [7, 11) is 2.77. The van der Waals surface area contributed by atoms with E-state index in [1.807, 2.05) is 0 Å². The minimum atomic E-state index is -0.885. The average Bonchev–Trinajstić information content (AvgIpc) is 2.73. The van der Waals surface area contributed by atoms with Gasteiger partial charge in [-0.2, -0.15) is 0 Å². The van der Waals surface area contributed by atoms with Crippen LogP contribution in [0.2, 0.25) is 0 Å². The fourth-order valence-electron chi connectivity index (χ4n) is 3.23. The number of anilines is 1. The molecule has 1 aliphatic rings. The Kier molecular flexibility index (Phi) is 5.49. The van der Waals surface area contributed by atoms with Crippen LogP contribution >= 0.6 is 0 Å². The van der Waals surface area contributed by atoms with Gasteiger partial charge in [-0.3, -0.25) is 15.0 Å². The van der Waals surface area contributed by atoms with E-state index >= 15 is 0 Å². The second-order valence-electron chi connectivity index (χ2n) is 6.26. The number of hydrogen-bond acceptors (Lipinski definition) is 6. The van der Waals surface area contributed by atoms with Crippen molar-refractivity contribution in [2.24, 2.45) is 0 Å². The fourth-order valence-corrected chi connectivity index (χ4v) is 3.23. The molecule has 0 aromatic heterocycles. The maximum atomic E-state index is 12.9. The molecule has 0 radical (unpaired) electrons. The van der Waals surface area contributed by atoms with Gasteiger partial charge in [0.05, 0.1) is 36.4 Å². The summed E-state index contributed by atoms with van der Waals surface area (Å²) in [5.41, 5.74) is 1.34. The van der Waals surface area contributed by atoms with Gasteiger partial charge in [-0.1, -0.05) is 12.1 Å². The van der Waals surface area contributed by atoms with E-state index in [0.29, 0.717) is 22.7 Å². The summed E-state index contributed by atoms with van der Waals surface area (Å²) in [5, 5.41) is 13.9. The Morgan fingerprint density at radius 1 is 1.17 bits per heavy atom. The number of carbonyl (C=O) groups is 2. The molecule has 150 valence electrons. The third-order valence-corrected chi connectivity index (χ3v) is 4.64. The summed E-state index contributed by atoms with van der Waals surface area (Å²) < 4.78 is 10.0. The molecule has 9 heteroatoms. The second kappa shape index (κ2) is 8.01. The lowest BCUT2D eigenvalue weighted by Crippen LogP contribution is -2.48. The summed E-state index contributed by atoms with van der Waals surface area (Å²) in [4.78, 5) is 37.4. The van der Waals surface area contributed by atoms with E-state index in [1.54, 1.807) is 37.3 Å². The highest BCUT2D eigenvalue weighted by molar-refractivity contribution is 6.03. The Morgan fingerprint density at radius 2 is 1.86 bits per heavy atom. The van der Waals surface area contributed by atoms with Crippen LogP contribution in [0.1, 0.15) is 18.5 Å². The van der Waals surface area contributed by atoms with Gasteiger partial charge < -0.3 is 14.8 Å². The van der Waals surface area contributed by atoms with Crippen LogP contribution in [0, 0.1) is 10.1 Å². The predicted molar refractivity (Wildman–Crippen MR) is 105 cm³/mol. The van der Waals surface area contributed by atoms with E-state index in [9.17, 15) is 19.7 Å². The number of allylic oxidation sites excluding steroid dienone is 1. The lowest BCUT2D eigenvalue weighted by Gasteiger charge is -2.35. The van der Waals surface area contributed by atoms with Gasteiger partial charge in [-0.05, 0) is 36.8 Å². The van der Waals surface area contributed by atoms with Gasteiger partial charge in [-0.15, -0.1) is 0 Å². The zero-order chi connectivity index (χ0) is 21.1. The van der Waals surface area contributed by atoms with E-state index in [-0.39, 0.29) is 11.3 Å². The number of methoxy groups -OCH3 is 2. The molecule has 1 aliphatic heterocycles. The van der Waals surface area contributed by atoms with Crippen LogP contribution in [0.4, 0.5) is 16.2 Å². The highest BCUT2D eigenvalue weighted by Gasteiger charge is 2.37. The van der Waals surface area contributed by atoms with Crippen molar-refractivity contribution >= 4 is 23.4 Å². The zero-order valence-corrected chi connectivity index (χ0v) is 16.0. The molecule has 2 amide bonds. The Labute approximate surface area is 166 Å². The van der Waals surface area contributed by atoms with Crippen LogP contribution in [0.3, 0.4) is 0 Å². The summed E-state index contributed by atoms with van der Waals surface area (Å²) >= 11 is 0. The van der Waals surface area contributed by atoms with Crippen LogP contribution in [-0.2, 0) is 9.53 Å². The number of non-ortho nitro benzene ring substituents is 1. The number of urea groups is 1. The molecule has 0 unspecified atom stereocenters. The van der Waals surface area contributed by atoms with Gasteiger partial charge in [0.15, 0.2) is 0 Å². The number of nitrogens with zero attached hydrogens (tertiary/aromatic N) is 2. The molecule has 9 nitrogen and oxygen atoms in total. The van der Waals surface area contributed by atoms with Crippen molar-refractivity contribution in [1.29, 1.82) is 0 Å². The second-order valence-corrected chi connectivity index (χ2v) is 6.26. The predicted octanol–water partition coefficient (Wildman–Crippen LogP) is 3.32. The van der Waals surface area contributed by atoms with Gasteiger partial charge >= 0.3 is 12.0 Å². The van der Waals surface area contributed by atoms with Gasteiger partial charge in [0.2, 0.25) is 0 Å². The largest absolute Gasteiger partial charge is 0.497 e. The number of esters is 1. The lowest BCUT2D eigenvalue weighted by molar-refractivity contribution is -0.384. The third-order valence-electron chi connectivity index (χ3n) is 4.64. The molecular weight excluding hydrogens is 378 g/mol. The van der Waals surface area contributed by atoms with Crippen molar-refractivity contribution in [2.75, 3.05) is 19.1 Å². The molecule has 1 heterocycles. The maximum absolute atomic E-state index is 12.9. The summed E-state index contributed by atoms with van der Waals surface area (Å²) in [5.74, 6) is -0.0204. The number of amides is 2. The van der Waals surface area contributed by atoms with Crippen LogP contribution in [-0.4, -0.2) is 31.1 Å². The molecule has 3 rings (SSSR count). The Hall–Kier alpha value is -3.88. The molecule has 0 spiro atoms. The normalized spacial score (nSPS) is 16.3. The number of nitrogens with one attached hydrogen (secondary N) is 1. The Morgan fingerprint density at radius 3 is 2.45 bits per heavy atom. The molecule has 1 atom stereocenters. The van der Waals surface area contributed by atoms with Crippen LogP contribution in [0.15, 0.2) is 59.8 Å². The first kappa shape index (κ1) is 19.9. The quantitative estimate of drug-likeness (QED) is 0.471. The van der Waals surface area contributed by atoms with Gasteiger partial charge in [0, 0.05) is 17.8 Å². The van der Waals surface area contributed by atoms with Gasteiger partial charge in [0.1, 0.15) is 5.75 Å². The lowest BCUT2D eigenvalue weighted by atomic mass is 9.94. The molecule has 29 heavy (non-hydrogen) atoms. The fraction of sp³-hybridized carbons (Fsp3) is 0.200. The molecule has 2 aromatic carbocycles. The van der Waals surface area contributed by atoms with E-state index in [1.165, 1.54) is 37.3 Å². The van der Waals surface area contributed by atoms with Crippen LogP contribution in [0.25, 0.3) is 0 Å². The number of carbonyl (C=O) groups excluding carboxylic acids is 2. The van der Waals surface area contributed by atoms with Gasteiger partial charge in [0.25, 0.3) is 5.69 Å². The highest BCUT2D eigenvalue weighted by atomic mass is 16.6. The first-order valence-electron chi connectivity index (χ1n) is 8.65. The Balaban J connectivity index is 2.11. The van der Waals surface area contributed by atoms with Crippen molar-refractivity contribution in [1.82, 2.24) is 5.32 Å². The van der Waals surface area contributed by atoms with Gasteiger partial charge in [-0.25, -0.2) is 9.59 Å². The standard InChI is InChI=1S/C20H19N3O6/c1-12-17(19(24)29-3)18(13-5-4-6-15(11-13)23(26)27)21-20(25)22(12)14-7-9-16(28-2)10-8-14/h4-11,18H,1-3H3,(H,21,25)/t18-/m1/s1.